The Kier molecular flexibility index (Phi) is 5.41. The molecule has 114 valence electrons. The molecule has 5 nitrogen and oxygen atoms in total. The van der Waals surface area contributed by atoms with Crippen LogP contribution < -0.4 is 16.0 Å². The second kappa shape index (κ2) is 7.29. The molecule has 0 heterocycles. The third-order valence-electron chi connectivity index (χ3n) is 2.78. The van der Waals surface area contributed by atoms with Crippen LogP contribution in [-0.4, -0.2) is 19.0 Å². The Hall–Kier alpha value is -2.05. The van der Waals surface area contributed by atoms with Crippen molar-refractivity contribution in [2.45, 2.75) is 0 Å². The summed E-state index contributed by atoms with van der Waals surface area (Å²) >= 11 is 9.18. The van der Waals surface area contributed by atoms with Crippen LogP contribution in [-0.2, 0) is 0 Å². The molecule has 0 radical (unpaired) electrons. The first-order valence-electron chi connectivity index (χ1n) is 6.35. The second-order valence-electron chi connectivity index (χ2n) is 4.36. The molecular weight excluding hydrogens is 370 g/mol. The van der Waals surface area contributed by atoms with Gasteiger partial charge in [0, 0.05) is 22.2 Å². The van der Waals surface area contributed by atoms with Crippen LogP contribution in [0, 0.1) is 0 Å². The van der Waals surface area contributed by atoms with Gasteiger partial charge in [-0.05, 0) is 36.4 Å². The number of hydrogen-bond donors (Lipinski definition) is 3. The predicted octanol–water partition coefficient (Wildman–Crippen LogP) is 4.11. The maximum atomic E-state index is 12.1. The van der Waals surface area contributed by atoms with Gasteiger partial charge in [-0.2, -0.15) is 0 Å². The third kappa shape index (κ3) is 4.22. The standard InChI is InChI=1S/C15H13BrClN3O2/c1-18-14(21)12-6-5-9(16)7-13(12)20-15(22)19-11-4-2-3-10(17)8-11/h2-8H,1H3,(H,18,21)(H2,19,20,22). The molecule has 7 heteroatoms. The van der Waals surface area contributed by atoms with Gasteiger partial charge in [-0.25, -0.2) is 4.79 Å². The van der Waals surface area contributed by atoms with Crippen molar-refractivity contribution in [2.75, 3.05) is 17.7 Å². The number of benzene rings is 2. The molecule has 0 atom stereocenters. The summed E-state index contributed by atoms with van der Waals surface area (Å²) in [6, 6.07) is 11.3. The van der Waals surface area contributed by atoms with Crippen molar-refractivity contribution < 1.29 is 9.59 Å². The van der Waals surface area contributed by atoms with Crippen molar-refractivity contribution in [2.24, 2.45) is 0 Å². The Morgan fingerprint density at radius 3 is 2.55 bits per heavy atom. The highest BCUT2D eigenvalue weighted by atomic mass is 79.9. The minimum Gasteiger partial charge on any atom is -0.355 e. The number of carbonyl (C=O) groups excluding carboxylic acids is 2. The Balaban J connectivity index is 2.17. The summed E-state index contributed by atoms with van der Waals surface area (Å²) in [5, 5.41) is 8.35. The van der Waals surface area contributed by atoms with E-state index in [1.807, 2.05) is 0 Å². The van der Waals surface area contributed by atoms with E-state index in [1.54, 1.807) is 42.5 Å². The summed E-state index contributed by atoms with van der Waals surface area (Å²) in [5.74, 6) is -0.287. The van der Waals surface area contributed by atoms with Crippen LogP contribution in [0.5, 0.6) is 0 Å². The molecule has 0 fully saturated rings. The molecule has 0 aromatic heterocycles. The quantitative estimate of drug-likeness (QED) is 0.748. The average Bonchev–Trinajstić information content (AvgIpc) is 2.46. The van der Waals surface area contributed by atoms with Crippen molar-refractivity contribution in [1.29, 1.82) is 0 Å². The Morgan fingerprint density at radius 2 is 1.86 bits per heavy atom. The molecule has 3 amide bonds. The first-order valence-corrected chi connectivity index (χ1v) is 7.52. The molecule has 0 saturated carbocycles. The number of carbonyl (C=O) groups is 2. The lowest BCUT2D eigenvalue weighted by Gasteiger charge is -2.12. The zero-order valence-electron chi connectivity index (χ0n) is 11.6. The van der Waals surface area contributed by atoms with E-state index in [0.29, 0.717) is 22.0 Å². The highest BCUT2D eigenvalue weighted by molar-refractivity contribution is 9.10. The van der Waals surface area contributed by atoms with Crippen LogP contribution in [0.15, 0.2) is 46.9 Å². The fourth-order valence-corrected chi connectivity index (χ4v) is 2.35. The van der Waals surface area contributed by atoms with Crippen molar-refractivity contribution in [3.63, 3.8) is 0 Å². The summed E-state index contributed by atoms with van der Waals surface area (Å²) in [7, 11) is 1.53. The molecule has 0 bridgehead atoms. The van der Waals surface area contributed by atoms with Gasteiger partial charge in [0.05, 0.1) is 11.3 Å². The number of anilines is 2. The van der Waals surface area contributed by atoms with E-state index >= 15 is 0 Å². The number of urea groups is 1. The van der Waals surface area contributed by atoms with Crippen LogP contribution in [0.3, 0.4) is 0 Å². The first kappa shape index (κ1) is 16.3. The van der Waals surface area contributed by atoms with Gasteiger partial charge in [-0.1, -0.05) is 33.6 Å². The highest BCUT2D eigenvalue weighted by Crippen LogP contribution is 2.22. The van der Waals surface area contributed by atoms with E-state index < -0.39 is 6.03 Å². The van der Waals surface area contributed by atoms with E-state index in [0.717, 1.165) is 4.47 Å². The van der Waals surface area contributed by atoms with Gasteiger partial charge < -0.3 is 16.0 Å². The van der Waals surface area contributed by atoms with Crippen molar-refractivity contribution in [1.82, 2.24) is 5.32 Å². The number of hydrogen-bond acceptors (Lipinski definition) is 2. The molecule has 0 aliphatic rings. The maximum absolute atomic E-state index is 12.1. The average molecular weight is 383 g/mol. The summed E-state index contributed by atoms with van der Waals surface area (Å²) < 4.78 is 0.748. The van der Waals surface area contributed by atoms with Crippen molar-refractivity contribution in [3.05, 3.63) is 57.5 Å². The molecule has 0 saturated heterocycles. The third-order valence-corrected chi connectivity index (χ3v) is 3.51. The molecule has 2 aromatic carbocycles. The summed E-state index contributed by atoms with van der Waals surface area (Å²) in [6.07, 6.45) is 0. The molecule has 0 unspecified atom stereocenters. The van der Waals surface area contributed by atoms with Gasteiger partial charge in [-0.3, -0.25) is 4.79 Å². The smallest absolute Gasteiger partial charge is 0.323 e. The maximum Gasteiger partial charge on any atom is 0.323 e. The van der Waals surface area contributed by atoms with Crippen molar-refractivity contribution >= 4 is 50.8 Å². The normalized spacial score (nSPS) is 9.95. The Morgan fingerprint density at radius 1 is 1.09 bits per heavy atom. The van der Waals surface area contributed by atoms with Gasteiger partial charge in [0.25, 0.3) is 5.91 Å². The zero-order chi connectivity index (χ0) is 16.1. The lowest BCUT2D eigenvalue weighted by molar-refractivity contribution is 0.0964. The minimum absolute atomic E-state index is 0.287. The van der Waals surface area contributed by atoms with E-state index in [9.17, 15) is 9.59 Å². The first-order chi connectivity index (χ1) is 10.5. The van der Waals surface area contributed by atoms with E-state index in [-0.39, 0.29) is 5.91 Å². The minimum atomic E-state index is -0.467. The molecule has 0 aliphatic carbocycles. The lowest BCUT2D eigenvalue weighted by Crippen LogP contribution is -2.24. The SMILES string of the molecule is CNC(=O)c1ccc(Br)cc1NC(=O)Nc1cccc(Cl)c1. The summed E-state index contributed by atoms with van der Waals surface area (Å²) in [6.45, 7) is 0. The van der Waals surface area contributed by atoms with Gasteiger partial charge >= 0.3 is 6.03 Å². The van der Waals surface area contributed by atoms with E-state index in [1.165, 1.54) is 7.05 Å². The largest absolute Gasteiger partial charge is 0.355 e. The van der Waals surface area contributed by atoms with Crippen LogP contribution >= 0.6 is 27.5 Å². The lowest BCUT2D eigenvalue weighted by atomic mass is 10.1. The molecule has 0 spiro atoms. The number of nitrogens with one attached hydrogen (secondary N) is 3. The number of rotatable bonds is 3. The fraction of sp³-hybridized carbons (Fsp3) is 0.0667. The molecule has 0 aliphatic heterocycles. The molecule has 2 rings (SSSR count). The molecule has 3 N–H and O–H groups in total. The van der Waals surface area contributed by atoms with Gasteiger partial charge in [0.2, 0.25) is 0 Å². The second-order valence-corrected chi connectivity index (χ2v) is 5.71. The predicted molar refractivity (Wildman–Crippen MR) is 91.6 cm³/mol. The van der Waals surface area contributed by atoms with E-state index in [4.69, 9.17) is 11.6 Å². The highest BCUT2D eigenvalue weighted by Gasteiger charge is 2.13. The van der Waals surface area contributed by atoms with Crippen LogP contribution in [0.25, 0.3) is 0 Å². The fourth-order valence-electron chi connectivity index (χ4n) is 1.80. The van der Waals surface area contributed by atoms with Crippen molar-refractivity contribution in [3.8, 4) is 0 Å². The number of halogens is 2. The van der Waals surface area contributed by atoms with Crippen LogP contribution in [0.2, 0.25) is 5.02 Å². The number of amides is 3. The Labute approximate surface area is 141 Å². The Bertz CT molecular complexity index is 722. The molecular formula is C15H13BrClN3O2. The zero-order valence-corrected chi connectivity index (χ0v) is 14.0. The monoisotopic (exact) mass is 381 g/mol. The van der Waals surface area contributed by atoms with Gasteiger partial charge in [-0.15, -0.1) is 0 Å². The van der Waals surface area contributed by atoms with Gasteiger partial charge in [0.1, 0.15) is 0 Å². The topological polar surface area (TPSA) is 70.2 Å². The van der Waals surface area contributed by atoms with Crippen LogP contribution in [0.1, 0.15) is 10.4 Å². The molecule has 22 heavy (non-hydrogen) atoms. The summed E-state index contributed by atoms with van der Waals surface area (Å²) in [5.41, 5.74) is 1.32. The van der Waals surface area contributed by atoms with Crippen LogP contribution in [0.4, 0.5) is 16.2 Å². The molecule has 2 aromatic rings. The van der Waals surface area contributed by atoms with E-state index in [2.05, 4.69) is 31.9 Å². The summed E-state index contributed by atoms with van der Waals surface area (Å²) in [4.78, 5) is 23.9. The van der Waals surface area contributed by atoms with Gasteiger partial charge in [0.15, 0.2) is 0 Å².